The van der Waals surface area contributed by atoms with Gasteiger partial charge >= 0.3 is 0 Å². The van der Waals surface area contributed by atoms with Crippen LogP contribution in [0.3, 0.4) is 0 Å². The molecule has 20 heavy (non-hydrogen) atoms. The van der Waals surface area contributed by atoms with Crippen molar-refractivity contribution in [2.24, 2.45) is 5.73 Å². The second kappa shape index (κ2) is 7.26. The highest BCUT2D eigenvalue weighted by Gasteiger charge is 2.21. The number of rotatable bonds is 7. The smallest absolute Gasteiger partial charge is 0.240 e. The van der Waals surface area contributed by atoms with Crippen molar-refractivity contribution in [2.75, 3.05) is 0 Å². The molecule has 0 bridgehead atoms. The van der Waals surface area contributed by atoms with Gasteiger partial charge in [0.15, 0.2) is 0 Å². The van der Waals surface area contributed by atoms with E-state index < -0.39 is 6.04 Å². The van der Waals surface area contributed by atoms with Gasteiger partial charge in [-0.2, -0.15) is 0 Å². The van der Waals surface area contributed by atoms with Crippen LogP contribution in [0.1, 0.15) is 30.4 Å². The third-order valence-electron chi connectivity index (χ3n) is 3.08. The predicted octanol–water partition coefficient (Wildman–Crippen LogP) is 3.00. The van der Waals surface area contributed by atoms with Crippen LogP contribution < -0.4 is 5.73 Å². The van der Waals surface area contributed by atoms with E-state index in [1.807, 2.05) is 36.6 Å². The molecule has 0 aliphatic carbocycles. The molecule has 0 saturated heterocycles. The summed E-state index contributed by atoms with van der Waals surface area (Å²) in [5.41, 5.74) is 5.97. The Kier molecular flexibility index (Phi) is 5.38. The topological polar surface area (TPSA) is 59.5 Å². The fourth-order valence-electron chi connectivity index (χ4n) is 2.06. The predicted molar refractivity (Wildman–Crippen MR) is 80.2 cm³/mol. The molecule has 0 aliphatic heterocycles. The van der Waals surface area contributed by atoms with Crippen molar-refractivity contribution in [1.82, 2.24) is 4.90 Å². The van der Waals surface area contributed by atoms with E-state index in [-0.39, 0.29) is 5.91 Å². The highest BCUT2D eigenvalue weighted by atomic mass is 32.1. The summed E-state index contributed by atoms with van der Waals surface area (Å²) in [4.78, 5) is 15.4. The highest BCUT2D eigenvalue weighted by molar-refractivity contribution is 7.09. The lowest BCUT2D eigenvalue weighted by Crippen LogP contribution is -2.42. The van der Waals surface area contributed by atoms with Gasteiger partial charge in [0.1, 0.15) is 5.76 Å². The molecule has 1 atom stereocenters. The zero-order valence-electron chi connectivity index (χ0n) is 11.6. The lowest BCUT2D eigenvalue weighted by atomic mass is 10.1. The zero-order valence-corrected chi connectivity index (χ0v) is 12.4. The van der Waals surface area contributed by atoms with Gasteiger partial charge in [-0.3, -0.25) is 4.79 Å². The first kappa shape index (κ1) is 14.8. The monoisotopic (exact) mass is 292 g/mol. The van der Waals surface area contributed by atoms with E-state index >= 15 is 0 Å². The molecule has 0 aliphatic rings. The minimum atomic E-state index is -0.435. The molecule has 5 heteroatoms. The van der Waals surface area contributed by atoms with Crippen LogP contribution in [0.5, 0.6) is 0 Å². The molecule has 1 amide bonds. The number of furan rings is 1. The minimum absolute atomic E-state index is 0.0170. The summed E-state index contributed by atoms with van der Waals surface area (Å²) in [5, 5.41) is 2.01. The number of hydrogen-bond donors (Lipinski definition) is 1. The van der Waals surface area contributed by atoms with Crippen molar-refractivity contribution in [1.29, 1.82) is 0 Å². The highest BCUT2D eigenvalue weighted by Crippen LogP contribution is 2.16. The van der Waals surface area contributed by atoms with Crippen LogP contribution in [0.25, 0.3) is 0 Å². The molecule has 2 aromatic rings. The summed E-state index contributed by atoms with van der Waals surface area (Å²) < 4.78 is 5.34. The minimum Gasteiger partial charge on any atom is -0.467 e. The maximum Gasteiger partial charge on any atom is 0.240 e. The summed E-state index contributed by atoms with van der Waals surface area (Å²) in [7, 11) is 0. The second-order valence-electron chi connectivity index (χ2n) is 4.75. The van der Waals surface area contributed by atoms with Crippen LogP contribution >= 0.6 is 11.3 Å². The zero-order chi connectivity index (χ0) is 14.4. The lowest BCUT2D eigenvalue weighted by molar-refractivity contribution is -0.134. The van der Waals surface area contributed by atoms with Gasteiger partial charge in [-0.05, 0) is 30.0 Å². The number of carbonyl (C=O) groups excluding carboxylic acids is 1. The standard InChI is InChI=1S/C15H20N2O2S/c1-2-5-14(16)15(18)17(10-12-6-3-8-19-12)11-13-7-4-9-20-13/h3-4,6-9,14H,2,5,10-11,16H2,1H3/t14-/m0/s1. The largest absolute Gasteiger partial charge is 0.467 e. The number of hydrogen-bond acceptors (Lipinski definition) is 4. The Bertz CT molecular complexity index is 472. The van der Waals surface area contributed by atoms with Crippen LogP contribution in [0, 0.1) is 0 Å². The molecule has 0 radical (unpaired) electrons. The van der Waals surface area contributed by atoms with Gasteiger partial charge in [-0.1, -0.05) is 19.4 Å². The first-order chi connectivity index (χ1) is 9.70. The van der Waals surface area contributed by atoms with E-state index in [0.717, 1.165) is 17.1 Å². The summed E-state index contributed by atoms with van der Waals surface area (Å²) >= 11 is 1.64. The van der Waals surface area contributed by atoms with E-state index in [9.17, 15) is 4.79 Å². The molecule has 2 N–H and O–H groups in total. The van der Waals surface area contributed by atoms with Crippen molar-refractivity contribution in [3.63, 3.8) is 0 Å². The number of thiophene rings is 1. The molecule has 2 rings (SSSR count). The molecule has 2 aromatic heterocycles. The Hall–Kier alpha value is -1.59. The Morgan fingerprint density at radius 1 is 1.40 bits per heavy atom. The third kappa shape index (κ3) is 3.95. The van der Waals surface area contributed by atoms with E-state index in [4.69, 9.17) is 10.2 Å². The number of nitrogens with zero attached hydrogens (tertiary/aromatic N) is 1. The fourth-order valence-corrected chi connectivity index (χ4v) is 2.78. The van der Waals surface area contributed by atoms with Gasteiger partial charge in [0.05, 0.1) is 25.4 Å². The SMILES string of the molecule is CCC[C@H](N)C(=O)N(Cc1ccco1)Cc1cccs1. The first-order valence-electron chi connectivity index (χ1n) is 6.79. The van der Waals surface area contributed by atoms with Crippen molar-refractivity contribution in [2.45, 2.75) is 38.9 Å². The average Bonchev–Trinajstić information content (AvgIpc) is 3.10. The van der Waals surface area contributed by atoms with Crippen molar-refractivity contribution in [3.8, 4) is 0 Å². The maximum absolute atomic E-state index is 12.4. The van der Waals surface area contributed by atoms with E-state index in [2.05, 4.69) is 0 Å². The summed E-state index contributed by atoms with van der Waals surface area (Å²) in [6.07, 6.45) is 3.23. The lowest BCUT2D eigenvalue weighted by Gasteiger charge is -2.24. The van der Waals surface area contributed by atoms with Crippen LogP contribution in [-0.2, 0) is 17.9 Å². The third-order valence-corrected chi connectivity index (χ3v) is 3.94. The van der Waals surface area contributed by atoms with Gasteiger partial charge in [0.2, 0.25) is 5.91 Å². The summed E-state index contributed by atoms with van der Waals surface area (Å²) in [6, 6.07) is 7.28. The molecule has 4 nitrogen and oxygen atoms in total. The van der Waals surface area contributed by atoms with Gasteiger partial charge in [0.25, 0.3) is 0 Å². The Morgan fingerprint density at radius 2 is 2.25 bits per heavy atom. The summed E-state index contributed by atoms with van der Waals surface area (Å²) in [6.45, 7) is 3.07. The molecule has 0 fully saturated rings. The second-order valence-corrected chi connectivity index (χ2v) is 5.78. The van der Waals surface area contributed by atoms with Gasteiger partial charge in [-0.25, -0.2) is 0 Å². The molecule has 2 heterocycles. The van der Waals surface area contributed by atoms with Gasteiger partial charge < -0.3 is 15.1 Å². The van der Waals surface area contributed by atoms with E-state index in [1.165, 1.54) is 0 Å². The van der Waals surface area contributed by atoms with Crippen molar-refractivity contribution >= 4 is 17.2 Å². The summed E-state index contributed by atoms with van der Waals surface area (Å²) in [5.74, 6) is 0.759. The van der Waals surface area contributed by atoms with Crippen LogP contribution in [-0.4, -0.2) is 16.8 Å². The van der Waals surface area contributed by atoms with Crippen LogP contribution in [0.2, 0.25) is 0 Å². The Morgan fingerprint density at radius 3 is 2.85 bits per heavy atom. The molecule has 0 spiro atoms. The molecule has 108 valence electrons. The molecule has 0 unspecified atom stereocenters. The molecule has 0 saturated carbocycles. The molecular weight excluding hydrogens is 272 g/mol. The Balaban J connectivity index is 2.08. The van der Waals surface area contributed by atoms with E-state index in [1.54, 1.807) is 22.5 Å². The van der Waals surface area contributed by atoms with Crippen LogP contribution in [0.15, 0.2) is 40.3 Å². The fraction of sp³-hybridized carbons (Fsp3) is 0.400. The normalized spacial score (nSPS) is 12.3. The number of nitrogens with two attached hydrogens (primary N) is 1. The Labute approximate surface area is 123 Å². The van der Waals surface area contributed by atoms with Crippen LogP contribution in [0.4, 0.5) is 0 Å². The first-order valence-corrected chi connectivity index (χ1v) is 7.67. The van der Waals surface area contributed by atoms with Crippen molar-refractivity contribution < 1.29 is 9.21 Å². The average molecular weight is 292 g/mol. The quantitative estimate of drug-likeness (QED) is 0.853. The van der Waals surface area contributed by atoms with Crippen molar-refractivity contribution in [3.05, 3.63) is 46.5 Å². The maximum atomic E-state index is 12.4. The molecule has 0 aromatic carbocycles. The van der Waals surface area contributed by atoms with Gasteiger partial charge in [-0.15, -0.1) is 11.3 Å². The van der Waals surface area contributed by atoms with E-state index in [0.29, 0.717) is 19.5 Å². The number of amides is 1. The van der Waals surface area contributed by atoms with Gasteiger partial charge in [0, 0.05) is 4.88 Å². The number of carbonyl (C=O) groups is 1. The molecular formula is C15H20N2O2S.